The van der Waals surface area contributed by atoms with E-state index >= 15 is 0 Å². The van der Waals surface area contributed by atoms with Crippen LogP contribution in [0.5, 0.6) is 0 Å². The quantitative estimate of drug-likeness (QED) is 0.796. The fourth-order valence-corrected chi connectivity index (χ4v) is 4.91. The summed E-state index contributed by atoms with van der Waals surface area (Å²) < 4.78 is 19.0. The maximum absolute atomic E-state index is 13.5. The van der Waals surface area contributed by atoms with Crippen LogP contribution in [0.25, 0.3) is 0 Å². The molecule has 146 valence electrons. The molecule has 1 amide bonds. The minimum absolute atomic E-state index is 0.0224. The maximum atomic E-state index is 13.5. The normalized spacial score (nSPS) is 19.7. The Morgan fingerprint density at radius 1 is 1.11 bits per heavy atom. The Morgan fingerprint density at radius 2 is 1.93 bits per heavy atom. The number of furan rings is 1. The molecule has 6 heteroatoms. The Kier molecular flexibility index (Phi) is 4.22. The highest BCUT2D eigenvalue weighted by Crippen LogP contribution is 2.34. The molecule has 2 aromatic rings. The van der Waals surface area contributed by atoms with E-state index in [-0.39, 0.29) is 17.5 Å². The molecular weight excluding hydrogens is 359 g/mol. The third-order valence-electron chi connectivity index (χ3n) is 6.35. The number of carbonyl (C=O) groups excluding carboxylic acids is 2. The number of ketones is 1. The lowest BCUT2D eigenvalue weighted by atomic mass is 9.93. The maximum Gasteiger partial charge on any atom is 0.257 e. The lowest BCUT2D eigenvalue weighted by Gasteiger charge is -2.38. The smallest absolute Gasteiger partial charge is 0.257 e. The second-order valence-electron chi connectivity index (χ2n) is 7.96. The first-order valence-electron chi connectivity index (χ1n) is 10.1. The number of fused-ring (bicyclic) bond motifs is 2. The molecule has 1 aliphatic carbocycles. The molecule has 5 nitrogen and oxygen atoms in total. The van der Waals surface area contributed by atoms with E-state index in [1.54, 1.807) is 6.07 Å². The fraction of sp³-hybridized carbons (Fsp3) is 0.455. The zero-order chi connectivity index (χ0) is 19.3. The van der Waals surface area contributed by atoms with Gasteiger partial charge in [0.15, 0.2) is 5.78 Å². The van der Waals surface area contributed by atoms with Crippen LogP contribution in [-0.2, 0) is 12.8 Å². The van der Waals surface area contributed by atoms with Gasteiger partial charge in [-0.25, -0.2) is 4.39 Å². The third-order valence-corrected chi connectivity index (χ3v) is 6.35. The number of halogens is 1. The SMILES string of the molecule is O=C1CCCc2occ(C(=O)N3CCC(N4CCc5cc(F)ccc54)CC3)c21. The van der Waals surface area contributed by atoms with Crippen molar-refractivity contribution in [3.63, 3.8) is 0 Å². The molecule has 1 fully saturated rings. The molecule has 0 atom stereocenters. The molecule has 0 N–H and O–H groups in total. The Bertz CT molecular complexity index is 943. The molecule has 3 aliphatic rings. The van der Waals surface area contributed by atoms with Crippen LogP contribution in [-0.4, -0.2) is 42.3 Å². The number of nitrogens with zero attached hydrogens (tertiary/aromatic N) is 2. The second-order valence-corrected chi connectivity index (χ2v) is 7.96. The van der Waals surface area contributed by atoms with Gasteiger partial charge in [0, 0.05) is 44.2 Å². The lowest BCUT2D eigenvalue weighted by Crippen LogP contribution is -2.46. The molecule has 0 spiro atoms. The van der Waals surface area contributed by atoms with E-state index in [1.165, 1.54) is 12.3 Å². The van der Waals surface area contributed by atoms with Crippen molar-refractivity contribution in [2.75, 3.05) is 24.5 Å². The summed E-state index contributed by atoms with van der Waals surface area (Å²) in [6.07, 6.45) is 6.09. The van der Waals surface area contributed by atoms with Gasteiger partial charge in [-0.05, 0) is 49.4 Å². The highest BCUT2D eigenvalue weighted by atomic mass is 19.1. The van der Waals surface area contributed by atoms with Crippen molar-refractivity contribution in [2.24, 2.45) is 0 Å². The summed E-state index contributed by atoms with van der Waals surface area (Å²) in [6, 6.07) is 5.39. The topological polar surface area (TPSA) is 53.8 Å². The number of hydrogen-bond donors (Lipinski definition) is 0. The lowest BCUT2D eigenvalue weighted by molar-refractivity contribution is 0.0707. The number of Topliss-reactive ketones (excluding diaryl/α,β-unsaturated/α-hetero) is 1. The fourth-order valence-electron chi connectivity index (χ4n) is 4.91. The van der Waals surface area contributed by atoms with E-state index in [0.717, 1.165) is 49.9 Å². The second kappa shape index (κ2) is 6.76. The summed E-state index contributed by atoms with van der Waals surface area (Å²) in [5.41, 5.74) is 3.14. The predicted octanol–water partition coefficient (Wildman–Crippen LogP) is 3.61. The highest BCUT2D eigenvalue weighted by molar-refractivity contribution is 6.09. The first kappa shape index (κ1) is 17.5. The van der Waals surface area contributed by atoms with Crippen LogP contribution in [0.3, 0.4) is 0 Å². The monoisotopic (exact) mass is 382 g/mol. The summed E-state index contributed by atoms with van der Waals surface area (Å²) in [5, 5.41) is 0. The van der Waals surface area contributed by atoms with Crippen LogP contribution in [0, 0.1) is 5.82 Å². The number of likely N-dealkylation sites (tertiary alicyclic amines) is 1. The Morgan fingerprint density at radius 3 is 2.75 bits per heavy atom. The predicted molar refractivity (Wildman–Crippen MR) is 102 cm³/mol. The largest absolute Gasteiger partial charge is 0.468 e. The number of aryl methyl sites for hydroxylation is 1. The van der Waals surface area contributed by atoms with E-state index in [2.05, 4.69) is 4.90 Å². The van der Waals surface area contributed by atoms with Gasteiger partial charge in [0.05, 0.1) is 11.1 Å². The van der Waals surface area contributed by atoms with E-state index in [4.69, 9.17) is 4.42 Å². The van der Waals surface area contributed by atoms with Gasteiger partial charge in [0.25, 0.3) is 5.91 Å². The molecular formula is C22H23FN2O3. The molecule has 28 heavy (non-hydrogen) atoms. The van der Waals surface area contributed by atoms with Gasteiger partial charge in [0.2, 0.25) is 0 Å². The Labute approximate surface area is 163 Å². The number of anilines is 1. The molecule has 0 radical (unpaired) electrons. The molecule has 2 aliphatic heterocycles. The molecule has 5 rings (SSSR count). The summed E-state index contributed by atoms with van der Waals surface area (Å²) in [4.78, 5) is 29.5. The number of amides is 1. The molecule has 1 aromatic carbocycles. The first-order valence-corrected chi connectivity index (χ1v) is 10.1. The molecule has 1 aromatic heterocycles. The van der Waals surface area contributed by atoms with E-state index in [0.29, 0.717) is 42.4 Å². The molecule has 0 saturated carbocycles. The van der Waals surface area contributed by atoms with Gasteiger partial charge < -0.3 is 14.2 Å². The molecule has 1 saturated heterocycles. The van der Waals surface area contributed by atoms with Crippen molar-refractivity contribution < 1.29 is 18.4 Å². The van der Waals surface area contributed by atoms with Crippen LogP contribution >= 0.6 is 0 Å². The summed E-state index contributed by atoms with van der Waals surface area (Å²) in [6.45, 7) is 2.22. The van der Waals surface area contributed by atoms with Crippen molar-refractivity contribution >= 4 is 17.4 Å². The number of benzene rings is 1. The highest BCUT2D eigenvalue weighted by Gasteiger charge is 2.34. The van der Waals surface area contributed by atoms with Gasteiger partial charge in [-0.1, -0.05) is 0 Å². The van der Waals surface area contributed by atoms with Gasteiger partial charge >= 0.3 is 0 Å². The molecule has 0 bridgehead atoms. The van der Waals surface area contributed by atoms with Gasteiger partial charge in [-0.2, -0.15) is 0 Å². The Balaban J connectivity index is 1.28. The average Bonchev–Trinajstić information content (AvgIpc) is 3.32. The summed E-state index contributed by atoms with van der Waals surface area (Å²) >= 11 is 0. The van der Waals surface area contributed by atoms with Crippen molar-refractivity contribution in [2.45, 2.75) is 44.6 Å². The van der Waals surface area contributed by atoms with Crippen molar-refractivity contribution in [1.29, 1.82) is 0 Å². The van der Waals surface area contributed by atoms with E-state index in [1.807, 2.05) is 11.0 Å². The number of piperidine rings is 1. The van der Waals surface area contributed by atoms with Gasteiger partial charge in [-0.15, -0.1) is 0 Å². The summed E-state index contributed by atoms with van der Waals surface area (Å²) in [5.74, 6) is 0.408. The molecule has 3 heterocycles. The number of rotatable bonds is 2. The number of carbonyl (C=O) groups is 2. The van der Waals surface area contributed by atoms with Crippen molar-refractivity contribution in [3.05, 3.63) is 52.7 Å². The average molecular weight is 382 g/mol. The zero-order valence-electron chi connectivity index (χ0n) is 15.7. The molecule has 0 unspecified atom stereocenters. The number of hydrogen-bond acceptors (Lipinski definition) is 4. The van der Waals surface area contributed by atoms with E-state index in [9.17, 15) is 14.0 Å². The third kappa shape index (κ3) is 2.82. The minimum atomic E-state index is -0.181. The van der Waals surface area contributed by atoms with Gasteiger partial charge in [-0.3, -0.25) is 9.59 Å². The Hall–Kier alpha value is -2.63. The zero-order valence-corrected chi connectivity index (χ0v) is 15.7. The van der Waals surface area contributed by atoms with Crippen LogP contribution in [0.1, 0.15) is 57.7 Å². The standard InChI is InChI=1S/C22H23FN2O3/c23-15-4-5-18-14(12-15)6-11-25(18)16-7-9-24(10-8-16)22(27)17-13-28-20-3-1-2-19(26)21(17)20/h4-5,12-13,16H,1-3,6-11H2. The van der Waals surface area contributed by atoms with Crippen molar-refractivity contribution in [1.82, 2.24) is 4.90 Å². The minimum Gasteiger partial charge on any atom is -0.468 e. The van der Waals surface area contributed by atoms with Crippen LogP contribution < -0.4 is 4.90 Å². The van der Waals surface area contributed by atoms with Gasteiger partial charge in [0.1, 0.15) is 17.8 Å². The van der Waals surface area contributed by atoms with Crippen molar-refractivity contribution in [3.8, 4) is 0 Å². The first-order chi connectivity index (χ1) is 13.6. The van der Waals surface area contributed by atoms with Crippen LogP contribution in [0.15, 0.2) is 28.9 Å². The van der Waals surface area contributed by atoms with Crippen LogP contribution in [0.2, 0.25) is 0 Å². The summed E-state index contributed by atoms with van der Waals surface area (Å²) in [7, 11) is 0. The van der Waals surface area contributed by atoms with E-state index < -0.39 is 0 Å². The van der Waals surface area contributed by atoms with Crippen LogP contribution in [0.4, 0.5) is 10.1 Å².